The minimum Gasteiger partial charge on any atom is -0.310 e. The first-order valence-corrected chi connectivity index (χ1v) is 36.4. The van der Waals surface area contributed by atoms with Gasteiger partial charge in [-0.1, -0.05) is 328 Å². The average Bonchev–Trinajstić information content (AvgIpc) is 1.08. The van der Waals surface area contributed by atoms with Crippen molar-refractivity contribution < 1.29 is 0 Å². The SMILES string of the molecule is c1ccc(-c2cccc(-c3ccccc3)c2N2c3ccc(-c4ccc5c(c4)sc4ccccc45)cc3B3c4ccc(-c5c6ccccc6c(-c6ccccc6)c6ccccc56)cc4N(c4c(-c5ccccc5)cccc4-c4ccccc4)c4cc(-n5c6ccccc6c6ccccc65)cc2c43)cc1. The Morgan fingerprint density at radius 2 is 0.612 bits per heavy atom. The van der Waals surface area contributed by atoms with Crippen LogP contribution >= 0.6 is 11.3 Å². The van der Waals surface area contributed by atoms with Crippen molar-refractivity contribution in [3.63, 3.8) is 0 Å². The minimum absolute atomic E-state index is 0.279. The highest BCUT2D eigenvalue weighted by Crippen LogP contribution is 2.55. The van der Waals surface area contributed by atoms with Crippen molar-refractivity contribution in [3.05, 3.63) is 376 Å². The molecule has 0 bridgehead atoms. The Balaban J connectivity index is 0.946. The lowest BCUT2D eigenvalue weighted by atomic mass is 9.33. The summed E-state index contributed by atoms with van der Waals surface area (Å²) in [5, 5.41) is 9.85. The molecule has 21 rings (SSSR count). The Kier molecular flexibility index (Phi) is 13.6. The first kappa shape index (κ1) is 58.9. The van der Waals surface area contributed by atoms with E-state index in [1.54, 1.807) is 0 Å². The monoisotopic (exact) mass is 1320 g/mol. The molecular weight excluding hydrogens is 1260 g/mol. The summed E-state index contributed by atoms with van der Waals surface area (Å²) in [5.41, 5.74) is 29.9. The molecule has 0 N–H and O–H groups in total. The van der Waals surface area contributed by atoms with Gasteiger partial charge in [-0.15, -0.1) is 11.3 Å². The summed E-state index contributed by atoms with van der Waals surface area (Å²) in [6.45, 7) is -0.279. The van der Waals surface area contributed by atoms with Crippen molar-refractivity contribution >= 4 is 132 Å². The highest BCUT2D eigenvalue weighted by atomic mass is 32.1. The lowest BCUT2D eigenvalue weighted by Crippen LogP contribution is -2.61. The Hall–Kier alpha value is -13.1. The fourth-order valence-corrected chi connectivity index (χ4v) is 18.5. The van der Waals surface area contributed by atoms with Gasteiger partial charge in [-0.25, -0.2) is 0 Å². The van der Waals surface area contributed by atoms with Crippen molar-refractivity contribution in [2.75, 3.05) is 9.80 Å². The van der Waals surface area contributed by atoms with Gasteiger partial charge in [0.2, 0.25) is 0 Å². The zero-order chi connectivity index (χ0) is 67.6. The molecular formula is C98H62BN3S. The van der Waals surface area contributed by atoms with Gasteiger partial charge >= 0.3 is 0 Å². The molecule has 17 aromatic carbocycles. The molecule has 0 saturated carbocycles. The molecule has 3 nitrogen and oxygen atoms in total. The number of hydrogen-bond acceptors (Lipinski definition) is 3. The van der Waals surface area contributed by atoms with Crippen LogP contribution in [0, 0.1) is 0 Å². The standard InChI is InChI=1S/C98H62BN3S/c1-6-28-63(29-7-1)72-45-26-46-73(64-30-8-2-9-31-64)97(72)101-88-57-54-68(69-52-55-79-78-40-22-25-51-92(78)103-93(79)60-69)58-85(88)99-84-56-53-70(95-82-43-18-16-41-80(82)94(67-36-14-5-15-37-67)81-42-17-19-44-83(81)95)59-89(84)102(98-74(65-32-10-3-11-33-65)47-27-48-75(98)66-34-12-4-13-35-66)91-62-71(61-90(101)96(91)99)100-86-49-23-20-38-76(86)77-39-21-24-50-87(77)100/h1-62H. The summed E-state index contributed by atoms with van der Waals surface area (Å²) in [6.07, 6.45) is 0. The zero-order valence-corrected chi connectivity index (χ0v) is 56.9. The van der Waals surface area contributed by atoms with E-state index in [1.807, 2.05) is 11.3 Å². The predicted octanol–water partition coefficient (Wildman–Crippen LogP) is 25.2. The second kappa shape index (κ2) is 23.8. The molecule has 0 unspecified atom stereocenters. The summed E-state index contributed by atoms with van der Waals surface area (Å²) in [7, 11) is 0. The molecule has 0 aliphatic carbocycles. The molecule has 0 radical (unpaired) electrons. The molecule has 103 heavy (non-hydrogen) atoms. The van der Waals surface area contributed by atoms with Crippen LogP contribution in [0.4, 0.5) is 34.1 Å². The Labute approximate surface area is 602 Å². The van der Waals surface area contributed by atoms with Gasteiger partial charge in [0.25, 0.3) is 6.71 Å². The molecule has 4 heterocycles. The maximum Gasteiger partial charge on any atom is 0.252 e. The van der Waals surface area contributed by atoms with Crippen LogP contribution in [0.5, 0.6) is 0 Å². The van der Waals surface area contributed by atoms with Crippen LogP contribution in [0.2, 0.25) is 0 Å². The smallest absolute Gasteiger partial charge is 0.252 e. The predicted molar refractivity (Wildman–Crippen MR) is 441 cm³/mol. The number of rotatable bonds is 10. The van der Waals surface area contributed by atoms with E-state index >= 15 is 0 Å². The molecule has 19 aromatic rings. The number of thiophene rings is 1. The van der Waals surface area contributed by atoms with Crippen LogP contribution in [0.25, 0.3) is 147 Å². The first-order valence-electron chi connectivity index (χ1n) is 35.6. The van der Waals surface area contributed by atoms with Gasteiger partial charge in [-0.2, -0.15) is 0 Å². The number of anilines is 6. The van der Waals surface area contributed by atoms with Crippen LogP contribution in [-0.2, 0) is 0 Å². The third kappa shape index (κ3) is 9.30. The zero-order valence-electron chi connectivity index (χ0n) is 56.1. The third-order valence-corrected chi connectivity index (χ3v) is 22.9. The second-order valence-corrected chi connectivity index (χ2v) is 28.4. The molecule has 5 heteroatoms. The van der Waals surface area contributed by atoms with Gasteiger partial charge in [0.1, 0.15) is 0 Å². The van der Waals surface area contributed by atoms with Gasteiger partial charge in [0, 0.05) is 75.9 Å². The average molecular weight is 1320 g/mol. The van der Waals surface area contributed by atoms with Crippen LogP contribution in [-0.4, -0.2) is 11.3 Å². The highest BCUT2D eigenvalue weighted by Gasteiger charge is 2.46. The van der Waals surface area contributed by atoms with Crippen LogP contribution < -0.4 is 26.2 Å². The van der Waals surface area contributed by atoms with Crippen molar-refractivity contribution in [3.8, 4) is 83.6 Å². The maximum atomic E-state index is 2.71. The van der Waals surface area contributed by atoms with Crippen molar-refractivity contribution in [2.45, 2.75) is 0 Å². The fourth-order valence-electron chi connectivity index (χ4n) is 17.4. The Morgan fingerprint density at radius 3 is 1.12 bits per heavy atom. The van der Waals surface area contributed by atoms with Crippen molar-refractivity contribution in [1.29, 1.82) is 0 Å². The lowest BCUT2D eigenvalue weighted by Gasteiger charge is -2.46. The number of nitrogens with zero attached hydrogens (tertiary/aromatic N) is 3. The molecule has 2 aromatic heterocycles. The van der Waals surface area contributed by atoms with Gasteiger partial charge in [0.15, 0.2) is 0 Å². The number of benzene rings is 17. The summed E-state index contributed by atoms with van der Waals surface area (Å²) >= 11 is 1.88. The molecule has 2 aliphatic heterocycles. The highest BCUT2D eigenvalue weighted by molar-refractivity contribution is 7.25. The van der Waals surface area contributed by atoms with Crippen molar-refractivity contribution in [2.24, 2.45) is 0 Å². The largest absolute Gasteiger partial charge is 0.310 e. The molecule has 0 amide bonds. The van der Waals surface area contributed by atoms with Crippen LogP contribution in [0.15, 0.2) is 376 Å². The summed E-state index contributed by atoms with van der Waals surface area (Å²) < 4.78 is 5.12. The maximum absolute atomic E-state index is 2.71. The number of fused-ring (bicyclic) bond motifs is 12. The molecule has 0 saturated heterocycles. The van der Waals surface area contributed by atoms with E-state index in [-0.39, 0.29) is 6.71 Å². The topological polar surface area (TPSA) is 11.4 Å². The van der Waals surface area contributed by atoms with E-state index < -0.39 is 0 Å². The molecule has 478 valence electrons. The Bertz CT molecular complexity index is 6400. The molecule has 0 atom stereocenters. The van der Waals surface area contributed by atoms with E-state index in [0.717, 1.165) is 101 Å². The lowest BCUT2D eigenvalue weighted by molar-refractivity contribution is 1.16. The van der Waals surface area contributed by atoms with E-state index in [4.69, 9.17) is 0 Å². The molecule has 2 aliphatic rings. The summed E-state index contributed by atoms with van der Waals surface area (Å²) in [4.78, 5) is 5.39. The van der Waals surface area contributed by atoms with Crippen LogP contribution in [0.1, 0.15) is 0 Å². The summed E-state index contributed by atoms with van der Waals surface area (Å²) in [5.74, 6) is 0. The number of hydrogen-bond donors (Lipinski definition) is 0. The normalized spacial score (nSPS) is 12.4. The minimum atomic E-state index is -0.279. The van der Waals surface area contributed by atoms with E-state index in [1.165, 1.54) is 96.7 Å². The van der Waals surface area contributed by atoms with Gasteiger partial charge in [-0.3, -0.25) is 0 Å². The number of para-hydroxylation sites is 4. The third-order valence-electron chi connectivity index (χ3n) is 21.7. The quantitative estimate of drug-likeness (QED) is 0.0999. The van der Waals surface area contributed by atoms with E-state index in [9.17, 15) is 0 Å². The summed E-state index contributed by atoms with van der Waals surface area (Å²) in [6, 6.07) is 141. The van der Waals surface area contributed by atoms with Gasteiger partial charge in [-0.05, 0) is 142 Å². The fraction of sp³-hybridized carbons (Fsp3) is 0. The first-order chi connectivity index (χ1) is 51.1. The van der Waals surface area contributed by atoms with Crippen molar-refractivity contribution in [1.82, 2.24) is 4.57 Å². The number of aromatic nitrogens is 1. The molecule has 0 spiro atoms. The van der Waals surface area contributed by atoms with Crippen LogP contribution in [0.3, 0.4) is 0 Å². The Morgan fingerprint density at radius 1 is 0.223 bits per heavy atom. The van der Waals surface area contributed by atoms with Gasteiger partial charge < -0.3 is 14.4 Å². The van der Waals surface area contributed by atoms with E-state index in [0.29, 0.717) is 0 Å². The van der Waals surface area contributed by atoms with Gasteiger partial charge in [0.05, 0.1) is 28.1 Å². The molecule has 0 fully saturated rings. The second-order valence-electron chi connectivity index (χ2n) is 27.3. The van der Waals surface area contributed by atoms with E-state index in [2.05, 4.69) is 390 Å².